The molecule has 0 fully saturated rings. The number of aromatic nitrogens is 3. The largest absolute Gasteiger partial charge is 0.310 e. The lowest BCUT2D eigenvalue weighted by Gasteiger charge is -2.28. The minimum absolute atomic E-state index is 0.133. The van der Waals surface area contributed by atoms with E-state index >= 15 is 0 Å². The van der Waals surface area contributed by atoms with Gasteiger partial charge in [-0.05, 0) is 26.7 Å². The first-order valence-corrected chi connectivity index (χ1v) is 7.47. The van der Waals surface area contributed by atoms with Crippen molar-refractivity contribution in [2.24, 2.45) is 5.92 Å². The number of nitrogens with zero attached hydrogens (tertiary/aromatic N) is 3. The van der Waals surface area contributed by atoms with Gasteiger partial charge in [0.1, 0.15) is 5.82 Å². The van der Waals surface area contributed by atoms with Crippen molar-refractivity contribution in [1.82, 2.24) is 20.1 Å². The number of hydrogen-bond donors (Lipinski definition) is 1. The molecule has 0 spiro atoms. The average molecular weight is 266 g/mol. The summed E-state index contributed by atoms with van der Waals surface area (Å²) in [6.45, 7) is 16.3. The molecule has 0 saturated carbocycles. The van der Waals surface area contributed by atoms with Gasteiger partial charge >= 0.3 is 0 Å². The zero-order valence-electron chi connectivity index (χ0n) is 13.6. The summed E-state index contributed by atoms with van der Waals surface area (Å²) in [5.74, 6) is 2.59. The summed E-state index contributed by atoms with van der Waals surface area (Å²) >= 11 is 0. The Balaban J connectivity index is 2.95. The molecule has 110 valence electrons. The predicted octanol–water partition coefficient (Wildman–Crippen LogP) is 2.99. The zero-order valence-corrected chi connectivity index (χ0v) is 13.6. The first-order chi connectivity index (χ1) is 8.78. The molecule has 1 rings (SSSR count). The lowest BCUT2D eigenvalue weighted by molar-refractivity contribution is 0.287. The molecule has 19 heavy (non-hydrogen) atoms. The van der Waals surface area contributed by atoms with Gasteiger partial charge in [-0.3, -0.25) is 0 Å². The van der Waals surface area contributed by atoms with Crippen LogP contribution >= 0.6 is 0 Å². The molecule has 1 heterocycles. The van der Waals surface area contributed by atoms with Crippen LogP contribution in [-0.4, -0.2) is 26.8 Å². The third-order valence-corrected chi connectivity index (χ3v) is 3.30. The Morgan fingerprint density at radius 2 is 1.79 bits per heavy atom. The van der Waals surface area contributed by atoms with E-state index in [0.717, 1.165) is 31.0 Å². The number of nitrogens with one attached hydrogen (secondary N) is 1. The molecule has 4 nitrogen and oxygen atoms in total. The summed E-state index contributed by atoms with van der Waals surface area (Å²) in [4.78, 5) is 4.62. The molecule has 1 aromatic rings. The van der Waals surface area contributed by atoms with E-state index in [4.69, 9.17) is 0 Å². The second-order valence-corrected chi connectivity index (χ2v) is 6.54. The highest BCUT2D eigenvalue weighted by atomic mass is 15.4. The van der Waals surface area contributed by atoms with E-state index < -0.39 is 0 Å². The molecule has 0 aliphatic carbocycles. The Labute approximate surface area is 118 Å². The maximum absolute atomic E-state index is 4.69. The second kappa shape index (κ2) is 6.51. The first-order valence-electron chi connectivity index (χ1n) is 7.47. The molecule has 0 radical (unpaired) electrons. The van der Waals surface area contributed by atoms with Gasteiger partial charge in [0.25, 0.3) is 0 Å². The third kappa shape index (κ3) is 4.60. The molecule has 0 aromatic carbocycles. The fourth-order valence-electron chi connectivity index (χ4n) is 2.08. The zero-order chi connectivity index (χ0) is 14.6. The SMILES string of the molecule is CCc1nc(CC)n(C(CNC(C)(C)C)C(C)C)n1. The summed E-state index contributed by atoms with van der Waals surface area (Å²) in [5, 5.41) is 8.28. The molecule has 0 bridgehead atoms. The minimum atomic E-state index is 0.133. The fraction of sp³-hybridized carbons (Fsp3) is 0.867. The Morgan fingerprint density at radius 1 is 1.16 bits per heavy atom. The Hall–Kier alpha value is -0.900. The van der Waals surface area contributed by atoms with E-state index in [-0.39, 0.29) is 5.54 Å². The van der Waals surface area contributed by atoms with Gasteiger partial charge in [-0.15, -0.1) is 0 Å². The highest BCUT2D eigenvalue weighted by Crippen LogP contribution is 2.19. The van der Waals surface area contributed by atoms with Crippen LogP contribution in [0.15, 0.2) is 0 Å². The summed E-state index contributed by atoms with van der Waals surface area (Å²) in [6.07, 6.45) is 1.84. The van der Waals surface area contributed by atoms with Gasteiger partial charge in [0.15, 0.2) is 5.82 Å². The van der Waals surface area contributed by atoms with Crippen molar-refractivity contribution in [3.8, 4) is 0 Å². The van der Waals surface area contributed by atoms with Crippen molar-refractivity contribution in [1.29, 1.82) is 0 Å². The third-order valence-electron chi connectivity index (χ3n) is 3.30. The highest BCUT2D eigenvalue weighted by Gasteiger charge is 2.22. The van der Waals surface area contributed by atoms with E-state index in [1.54, 1.807) is 0 Å². The van der Waals surface area contributed by atoms with Gasteiger partial charge in [0.2, 0.25) is 0 Å². The molecule has 1 N–H and O–H groups in total. The van der Waals surface area contributed by atoms with Crippen LogP contribution in [-0.2, 0) is 12.8 Å². The standard InChI is InChI=1S/C15H30N4/c1-8-13-17-14(9-2)19(18-13)12(11(3)4)10-16-15(5,6)7/h11-12,16H,8-10H2,1-7H3. The topological polar surface area (TPSA) is 42.7 Å². The van der Waals surface area contributed by atoms with Crippen molar-refractivity contribution in [2.75, 3.05) is 6.54 Å². The maximum Gasteiger partial charge on any atom is 0.150 e. The number of rotatable bonds is 6. The first kappa shape index (κ1) is 16.2. The summed E-state index contributed by atoms with van der Waals surface area (Å²) in [7, 11) is 0. The molecular weight excluding hydrogens is 236 g/mol. The smallest absolute Gasteiger partial charge is 0.150 e. The van der Waals surface area contributed by atoms with Gasteiger partial charge in [-0.2, -0.15) is 5.10 Å². The van der Waals surface area contributed by atoms with Crippen LogP contribution in [0.25, 0.3) is 0 Å². The highest BCUT2D eigenvalue weighted by molar-refractivity contribution is 4.96. The Kier molecular flexibility index (Phi) is 5.53. The van der Waals surface area contributed by atoms with Gasteiger partial charge in [-0.25, -0.2) is 9.67 Å². The summed E-state index contributed by atoms with van der Waals surface area (Å²) in [5.41, 5.74) is 0.133. The van der Waals surface area contributed by atoms with Crippen LogP contribution in [0.1, 0.15) is 66.2 Å². The maximum atomic E-state index is 4.69. The minimum Gasteiger partial charge on any atom is -0.310 e. The lowest BCUT2D eigenvalue weighted by atomic mass is 10.0. The quantitative estimate of drug-likeness (QED) is 0.860. The second-order valence-electron chi connectivity index (χ2n) is 6.54. The van der Waals surface area contributed by atoms with Gasteiger partial charge < -0.3 is 5.32 Å². The van der Waals surface area contributed by atoms with Crippen molar-refractivity contribution in [3.05, 3.63) is 11.6 Å². The Morgan fingerprint density at radius 3 is 2.21 bits per heavy atom. The van der Waals surface area contributed by atoms with E-state index in [1.165, 1.54) is 0 Å². The predicted molar refractivity (Wildman–Crippen MR) is 80.4 cm³/mol. The van der Waals surface area contributed by atoms with Gasteiger partial charge in [0.05, 0.1) is 6.04 Å². The molecule has 0 aliphatic heterocycles. The number of hydrogen-bond acceptors (Lipinski definition) is 3. The fourth-order valence-corrected chi connectivity index (χ4v) is 2.08. The van der Waals surface area contributed by atoms with Gasteiger partial charge in [-0.1, -0.05) is 27.7 Å². The molecule has 0 amide bonds. The van der Waals surface area contributed by atoms with Crippen LogP contribution < -0.4 is 5.32 Å². The van der Waals surface area contributed by atoms with E-state index in [9.17, 15) is 0 Å². The van der Waals surface area contributed by atoms with Crippen LogP contribution in [0.3, 0.4) is 0 Å². The molecule has 1 atom stereocenters. The molecule has 0 saturated heterocycles. The monoisotopic (exact) mass is 266 g/mol. The normalized spacial score (nSPS) is 14.1. The van der Waals surface area contributed by atoms with Crippen LogP contribution in [0.2, 0.25) is 0 Å². The lowest BCUT2D eigenvalue weighted by Crippen LogP contribution is -2.41. The van der Waals surface area contributed by atoms with Crippen LogP contribution in [0, 0.1) is 5.92 Å². The van der Waals surface area contributed by atoms with Crippen molar-refractivity contribution in [2.45, 2.75) is 72.9 Å². The summed E-state index contributed by atoms with van der Waals surface area (Å²) in [6, 6.07) is 0.363. The van der Waals surface area contributed by atoms with E-state index in [2.05, 4.69) is 68.5 Å². The number of aryl methyl sites for hydroxylation is 2. The average Bonchev–Trinajstić information content (AvgIpc) is 2.70. The van der Waals surface area contributed by atoms with Crippen molar-refractivity contribution >= 4 is 0 Å². The van der Waals surface area contributed by atoms with E-state index in [1.807, 2.05) is 0 Å². The Bertz CT molecular complexity index is 387. The van der Waals surface area contributed by atoms with E-state index in [0.29, 0.717) is 12.0 Å². The molecular formula is C15H30N4. The van der Waals surface area contributed by atoms with Crippen molar-refractivity contribution in [3.63, 3.8) is 0 Å². The summed E-state index contributed by atoms with van der Waals surface area (Å²) < 4.78 is 2.14. The van der Waals surface area contributed by atoms with Crippen molar-refractivity contribution < 1.29 is 0 Å². The van der Waals surface area contributed by atoms with Crippen LogP contribution in [0.5, 0.6) is 0 Å². The van der Waals surface area contributed by atoms with Crippen LogP contribution in [0.4, 0.5) is 0 Å². The van der Waals surface area contributed by atoms with Gasteiger partial charge in [0, 0.05) is 24.9 Å². The molecule has 1 unspecified atom stereocenters. The molecule has 1 aromatic heterocycles. The molecule has 0 aliphatic rings. The molecule has 4 heteroatoms.